The van der Waals surface area contributed by atoms with Crippen molar-refractivity contribution in [1.29, 1.82) is 0 Å². The molecule has 3 nitrogen and oxygen atoms in total. The van der Waals surface area contributed by atoms with Gasteiger partial charge in [0.05, 0.1) is 4.47 Å². The Kier molecular flexibility index (Phi) is 2.33. The molecule has 0 bridgehead atoms. The third kappa shape index (κ3) is 1.59. The van der Waals surface area contributed by atoms with E-state index in [9.17, 15) is 0 Å². The van der Waals surface area contributed by atoms with Crippen molar-refractivity contribution in [3.05, 3.63) is 28.6 Å². The Morgan fingerprint density at radius 1 is 1.54 bits per heavy atom. The maximum atomic E-state index is 5.46. The maximum absolute atomic E-state index is 5.46. The van der Waals surface area contributed by atoms with Gasteiger partial charge in [0.15, 0.2) is 5.58 Å². The van der Waals surface area contributed by atoms with Crippen LogP contribution in [0, 0.1) is 0 Å². The van der Waals surface area contributed by atoms with E-state index in [0.29, 0.717) is 12.5 Å². The first-order chi connectivity index (χ1) is 6.31. The first-order valence-electron chi connectivity index (χ1n) is 3.84. The number of ether oxygens (including phenoxy) is 1. The lowest BCUT2D eigenvalue weighted by Crippen LogP contribution is -1.85. The van der Waals surface area contributed by atoms with Crippen molar-refractivity contribution >= 4 is 27.0 Å². The molecule has 4 heteroatoms. The van der Waals surface area contributed by atoms with Gasteiger partial charge in [0, 0.05) is 7.11 Å². The highest BCUT2D eigenvalue weighted by Gasteiger charge is 2.06. The van der Waals surface area contributed by atoms with Crippen LogP contribution < -0.4 is 0 Å². The molecule has 0 N–H and O–H groups in total. The van der Waals surface area contributed by atoms with Gasteiger partial charge in [-0.15, -0.1) is 0 Å². The summed E-state index contributed by atoms with van der Waals surface area (Å²) in [6, 6.07) is 5.75. The number of halogens is 1. The predicted molar refractivity (Wildman–Crippen MR) is 52.4 cm³/mol. The Balaban J connectivity index is 2.55. The van der Waals surface area contributed by atoms with Crippen molar-refractivity contribution in [3.8, 4) is 0 Å². The summed E-state index contributed by atoms with van der Waals surface area (Å²) in [4.78, 5) is 4.24. The van der Waals surface area contributed by atoms with E-state index in [-0.39, 0.29) is 0 Å². The second-order valence-electron chi connectivity index (χ2n) is 2.63. The Morgan fingerprint density at radius 2 is 2.38 bits per heavy atom. The van der Waals surface area contributed by atoms with E-state index in [0.717, 1.165) is 15.6 Å². The van der Waals surface area contributed by atoms with Crippen LogP contribution in [0.1, 0.15) is 5.89 Å². The topological polar surface area (TPSA) is 35.3 Å². The van der Waals surface area contributed by atoms with Crippen LogP contribution in [0.2, 0.25) is 0 Å². The second kappa shape index (κ2) is 3.47. The molecule has 0 spiro atoms. The molecule has 0 saturated carbocycles. The quantitative estimate of drug-likeness (QED) is 0.812. The molecule has 13 heavy (non-hydrogen) atoms. The lowest BCUT2D eigenvalue weighted by atomic mass is 10.3. The fraction of sp³-hybridized carbons (Fsp3) is 0.222. The molecule has 0 aliphatic carbocycles. The Labute approximate surface area is 83.8 Å². The molecule has 0 unspecified atom stereocenters. The lowest BCUT2D eigenvalue weighted by Gasteiger charge is -1.89. The van der Waals surface area contributed by atoms with Gasteiger partial charge in [-0.2, -0.15) is 0 Å². The van der Waals surface area contributed by atoms with E-state index in [2.05, 4.69) is 20.9 Å². The van der Waals surface area contributed by atoms with Crippen LogP contribution >= 0.6 is 15.9 Å². The summed E-state index contributed by atoms with van der Waals surface area (Å²) < 4.78 is 11.3. The number of hydrogen-bond acceptors (Lipinski definition) is 3. The maximum Gasteiger partial charge on any atom is 0.221 e. The third-order valence-corrected chi connectivity index (χ3v) is 2.30. The van der Waals surface area contributed by atoms with Crippen LogP contribution in [0.4, 0.5) is 0 Å². The zero-order valence-corrected chi connectivity index (χ0v) is 8.67. The van der Waals surface area contributed by atoms with Crippen molar-refractivity contribution in [2.45, 2.75) is 6.61 Å². The first-order valence-corrected chi connectivity index (χ1v) is 4.63. The molecule has 1 aromatic heterocycles. The molecule has 0 saturated heterocycles. The number of methoxy groups -OCH3 is 1. The molecule has 0 aliphatic heterocycles. The molecule has 0 atom stereocenters. The minimum Gasteiger partial charge on any atom is -0.437 e. The van der Waals surface area contributed by atoms with Gasteiger partial charge < -0.3 is 9.15 Å². The fourth-order valence-electron chi connectivity index (χ4n) is 1.15. The molecule has 1 aromatic carbocycles. The minimum atomic E-state index is 0.404. The van der Waals surface area contributed by atoms with Crippen molar-refractivity contribution in [2.24, 2.45) is 0 Å². The monoisotopic (exact) mass is 241 g/mol. The number of benzene rings is 1. The summed E-state index contributed by atoms with van der Waals surface area (Å²) in [6.45, 7) is 0.404. The van der Waals surface area contributed by atoms with Crippen molar-refractivity contribution in [3.63, 3.8) is 0 Å². The number of oxazole rings is 1. The van der Waals surface area contributed by atoms with Gasteiger partial charge in [-0.3, -0.25) is 0 Å². The number of nitrogens with zero attached hydrogens (tertiary/aromatic N) is 1. The van der Waals surface area contributed by atoms with Gasteiger partial charge in [0.25, 0.3) is 0 Å². The van der Waals surface area contributed by atoms with Gasteiger partial charge in [-0.25, -0.2) is 4.98 Å². The van der Waals surface area contributed by atoms with E-state index in [4.69, 9.17) is 9.15 Å². The standard InChI is InChI=1S/C9H8BrNO2/c1-12-5-8-11-7-4-2-3-6(10)9(7)13-8/h2-4H,5H2,1H3. The summed E-state index contributed by atoms with van der Waals surface area (Å²) in [6.07, 6.45) is 0. The van der Waals surface area contributed by atoms with Crippen LogP contribution in [0.15, 0.2) is 27.1 Å². The lowest BCUT2D eigenvalue weighted by molar-refractivity contribution is 0.161. The van der Waals surface area contributed by atoms with E-state index >= 15 is 0 Å². The average Bonchev–Trinajstić information content (AvgIpc) is 2.49. The van der Waals surface area contributed by atoms with Crippen molar-refractivity contribution in [2.75, 3.05) is 7.11 Å². The largest absolute Gasteiger partial charge is 0.437 e. The molecule has 1 heterocycles. The highest BCUT2D eigenvalue weighted by Crippen LogP contribution is 2.24. The van der Waals surface area contributed by atoms with E-state index in [1.807, 2.05) is 18.2 Å². The Morgan fingerprint density at radius 3 is 3.08 bits per heavy atom. The number of fused-ring (bicyclic) bond motifs is 1. The van der Waals surface area contributed by atoms with Gasteiger partial charge in [0.1, 0.15) is 12.1 Å². The molecule has 2 aromatic rings. The van der Waals surface area contributed by atoms with E-state index in [1.165, 1.54) is 0 Å². The molecule has 2 rings (SSSR count). The van der Waals surface area contributed by atoms with Crippen LogP contribution in [0.25, 0.3) is 11.1 Å². The molecule has 0 aliphatic rings. The minimum absolute atomic E-state index is 0.404. The van der Waals surface area contributed by atoms with Crippen LogP contribution in [-0.4, -0.2) is 12.1 Å². The molecule has 0 amide bonds. The SMILES string of the molecule is COCc1nc2cccc(Br)c2o1. The Hall–Kier alpha value is -0.870. The van der Waals surface area contributed by atoms with Crippen molar-refractivity contribution in [1.82, 2.24) is 4.98 Å². The summed E-state index contributed by atoms with van der Waals surface area (Å²) in [5.41, 5.74) is 1.62. The third-order valence-electron chi connectivity index (χ3n) is 1.68. The molecule has 0 fully saturated rings. The number of aromatic nitrogens is 1. The molecule has 0 radical (unpaired) electrons. The van der Waals surface area contributed by atoms with Crippen LogP contribution in [0.5, 0.6) is 0 Å². The molecular formula is C9H8BrNO2. The summed E-state index contributed by atoms with van der Waals surface area (Å²) in [7, 11) is 1.61. The number of rotatable bonds is 2. The second-order valence-corrected chi connectivity index (χ2v) is 3.48. The zero-order chi connectivity index (χ0) is 9.26. The zero-order valence-electron chi connectivity index (χ0n) is 7.08. The molecule has 68 valence electrons. The van der Waals surface area contributed by atoms with E-state index in [1.54, 1.807) is 7.11 Å². The van der Waals surface area contributed by atoms with Gasteiger partial charge in [-0.05, 0) is 28.1 Å². The summed E-state index contributed by atoms with van der Waals surface area (Å²) >= 11 is 3.39. The highest BCUT2D eigenvalue weighted by molar-refractivity contribution is 9.10. The van der Waals surface area contributed by atoms with Gasteiger partial charge in [0.2, 0.25) is 5.89 Å². The molecular weight excluding hydrogens is 234 g/mol. The highest BCUT2D eigenvalue weighted by atomic mass is 79.9. The smallest absolute Gasteiger partial charge is 0.221 e. The van der Waals surface area contributed by atoms with Gasteiger partial charge >= 0.3 is 0 Å². The van der Waals surface area contributed by atoms with Crippen LogP contribution in [-0.2, 0) is 11.3 Å². The predicted octanol–water partition coefficient (Wildman–Crippen LogP) is 2.74. The first kappa shape index (κ1) is 8.72. The number of para-hydroxylation sites is 1. The Bertz CT molecular complexity index is 424. The fourth-order valence-corrected chi connectivity index (χ4v) is 1.58. The number of hydrogen-bond donors (Lipinski definition) is 0. The summed E-state index contributed by atoms with van der Waals surface area (Å²) in [5.74, 6) is 0.601. The van der Waals surface area contributed by atoms with E-state index < -0.39 is 0 Å². The summed E-state index contributed by atoms with van der Waals surface area (Å²) in [5, 5.41) is 0. The van der Waals surface area contributed by atoms with Gasteiger partial charge in [-0.1, -0.05) is 6.07 Å². The average molecular weight is 242 g/mol. The van der Waals surface area contributed by atoms with Crippen LogP contribution in [0.3, 0.4) is 0 Å². The van der Waals surface area contributed by atoms with Crippen molar-refractivity contribution < 1.29 is 9.15 Å². The normalized spacial score (nSPS) is 10.9.